The Labute approximate surface area is 77.6 Å². The van der Waals surface area contributed by atoms with Gasteiger partial charge in [-0.05, 0) is 19.3 Å². The topological polar surface area (TPSA) is 49.4 Å². The van der Waals surface area contributed by atoms with Gasteiger partial charge in [-0.25, -0.2) is 4.79 Å². The molecule has 3 nitrogen and oxygen atoms in total. The van der Waals surface area contributed by atoms with Gasteiger partial charge < -0.3 is 9.84 Å². The second-order valence-corrected chi connectivity index (χ2v) is 2.25. The molecule has 0 aromatic carbocycles. The van der Waals surface area contributed by atoms with Gasteiger partial charge in [-0.1, -0.05) is 0 Å². The molecule has 56 valence electrons. The zero-order chi connectivity index (χ0) is 7.56. The molecule has 4 heteroatoms. The Balaban J connectivity index is 0.000001000. The molecule has 0 atom stereocenters. The van der Waals surface area contributed by atoms with E-state index in [0.717, 1.165) is 6.42 Å². The smallest absolute Gasteiger partial charge is 0.875 e. The number of ether oxygens (including phenoxy) is 1. The number of allylic oxidation sites excluding steroid dienone is 1. The van der Waals surface area contributed by atoms with Crippen LogP contribution >= 0.6 is 0 Å². The van der Waals surface area contributed by atoms with Crippen molar-refractivity contribution in [2.45, 2.75) is 19.3 Å². The van der Waals surface area contributed by atoms with Crippen LogP contribution in [0.1, 0.15) is 19.3 Å². The molecule has 0 saturated carbocycles. The van der Waals surface area contributed by atoms with Gasteiger partial charge in [-0.3, -0.25) is 0 Å². The monoisotopic (exact) mass is 148 g/mol. The summed E-state index contributed by atoms with van der Waals surface area (Å²) in [6.07, 6.45) is 1.89. The summed E-state index contributed by atoms with van der Waals surface area (Å²) < 4.78 is 4.41. The van der Waals surface area contributed by atoms with Crippen molar-refractivity contribution in [3.8, 4) is 0 Å². The minimum absolute atomic E-state index is 0. The molecule has 0 heterocycles. The summed E-state index contributed by atoms with van der Waals surface area (Å²) in [5.74, 6) is -0.505. The van der Waals surface area contributed by atoms with E-state index in [-0.39, 0.29) is 24.6 Å². The molecule has 0 spiro atoms. The first-order valence-corrected chi connectivity index (χ1v) is 3.23. The fourth-order valence-electron chi connectivity index (χ4n) is 1.06. The number of hydrogen-bond donors (Lipinski definition) is 0. The van der Waals surface area contributed by atoms with Crippen molar-refractivity contribution in [2.24, 2.45) is 0 Å². The summed E-state index contributed by atoms with van der Waals surface area (Å²) in [7, 11) is 1.29. The van der Waals surface area contributed by atoms with E-state index >= 15 is 0 Å². The molecular formula is C7H9LiO3. The van der Waals surface area contributed by atoms with Gasteiger partial charge in [0.05, 0.1) is 7.11 Å². The predicted octanol–water partition coefficient (Wildman–Crippen LogP) is -3.04. The molecule has 11 heavy (non-hydrogen) atoms. The van der Waals surface area contributed by atoms with Crippen molar-refractivity contribution < 1.29 is 33.5 Å². The van der Waals surface area contributed by atoms with Crippen LogP contribution in [0.15, 0.2) is 11.3 Å². The minimum atomic E-state index is -0.456. The number of hydrogen-bond acceptors (Lipinski definition) is 3. The van der Waals surface area contributed by atoms with Crippen LogP contribution in [-0.2, 0) is 9.53 Å². The van der Waals surface area contributed by atoms with Crippen LogP contribution in [-0.4, -0.2) is 13.1 Å². The van der Waals surface area contributed by atoms with Crippen molar-refractivity contribution in [1.82, 2.24) is 0 Å². The molecule has 0 unspecified atom stereocenters. The van der Waals surface area contributed by atoms with E-state index < -0.39 is 5.97 Å². The van der Waals surface area contributed by atoms with Crippen molar-refractivity contribution in [3.63, 3.8) is 0 Å². The zero-order valence-electron chi connectivity index (χ0n) is 6.85. The van der Waals surface area contributed by atoms with Gasteiger partial charge in [0.25, 0.3) is 0 Å². The third kappa shape index (κ3) is 2.28. The third-order valence-electron chi connectivity index (χ3n) is 1.60. The normalized spacial score (nSPS) is 16.1. The number of methoxy groups -OCH3 is 1. The Kier molecular flexibility index (Phi) is 4.32. The SMILES string of the molecule is COC(=O)C1=C([O-])CCC1.[Li+]. The molecule has 0 bridgehead atoms. The van der Waals surface area contributed by atoms with Crippen molar-refractivity contribution >= 4 is 5.97 Å². The van der Waals surface area contributed by atoms with E-state index in [1.807, 2.05) is 0 Å². The first kappa shape index (κ1) is 10.6. The minimum Gasteiger partial charge on any atom is -0.875 e. The molecule has 0 saturated heterocycles. The Morgan fingerprint density at radius 1 is 1.55 bits per heavy atom. The molecule has 0 amide bonds. The fourth-order valence-corrected chi connectivity index (χ4v) is 1.06. The Bertz CT molecular complexity index is 186. The zero-order valence-corrected chi connectivity index (χ0v) is 6.85. The van der Waals surface area contributed by atoms with E-state index in [1.54, 1.807) is 0 Å². The van der Waals surface area contributed by atoms with Crippen molar-refractivity contribution in [3.05, 3.63) is 11.3 Å². The number of rotatable bonds is 1. The molecular weight excluding hydrogens is 139 g/mol. The number of carbonyl (C=O) groups excluding carboxylic acids is 1. The van der Waals surface area contributed by atoms with E-state index in [9.17, 15) is 9.90 Å². The second kappa shape index (κ2) is 4.48. The second-order valence-electron chi connectivity index (χ2n) is 2.25. The van der Waals surface area contributed by atoms with Gasteiger partial charge in [-0.2, -0.15) is 0 Å². The summed E-state index contributed by atoms with van der Waals surface area (Å²) in [4.78, 5) is 10.7. The van der Waals surface area contributed by atoms with Gasteiger partial charge >= 0.3 is 24.8 Å². The van der Waals surface area contributed by atoms with Crippen LogP contribution in [0.5, 0.6) is 0 Å². The van der Waals surface area contributed by atoms with Crippen LogP contribution < -0.4 is 24.0 Å². The molecule has 0 fully saturated rings. The molecule has 0 aliphatic heterocycles. The molecule has 0 aromatic rings. The average Bonchev–Trinajstić information content (AvgIpc) is 2.34. The quantitative estimate of drug-likeness (QED) is 0.293. The first-order valence-electron chi connectivity index (χ1n) is 3.23. The number of carbonyl (C=O) groups is 1. The van der Waals surface area contributed by atoms with Crippen LogP contribution in [0.2, 0.25) is 0 Å². The van der Waals surface area contributed by atoms with E-state index in [0.29, 0.717) is 18.4 Å². The Hall–Kier alpha value is -0.393. The molecule has 1 rings (SSSR count). The van der Waals surface area contributed by atoms with Gasteiger partial charge in [0.15, 0.2) is 0 Å². The standard InChI is InChI=1S/C7H10O3.Li/c1-10-7(9)5-3-2-4-6(5)8;/h8H,2-4H2,1H3;/q;+1/p-1. The predicted molar refractivity (Wildman–Crippen MR) is 32.9 cm³/mol. The molecule has 1 aliphatic rings. The maximum Gasteiger partial charge on any atom is 1.00 e. The molecule has 1 aliphatic carbocycles. The van der Waals surface area contributed by atoms with Crippen LogP contribution in [0.4, 0.5) is 0 Å². The Morgan fingerprint density at radius 3 is 2.55 bits per heavy atom. The van der Waals surface area contributed by atoms with Gasteiger partial charge in [-0.15, -0.1) is 5.76 Å². The van der Waals surface area contributed by atoms with Gasteiger partial charge in [0, 0.05) is 5.57 Å². The number of esters is 1. The maximum atomic E-state index is 10.8. The van der Waals surface area contributed by atoms with E-state index in [2.05, 4.69) is 4.74 Å². The summed E-state index contributed by atoms with van der Waals surface area (Å²) in [5.41, 5.74) is 0.336. The van der Waals surface area contributed by atoms with Crippen LogP contribution in [0.3, 0.4) is 0 Å². The van der Waals surface area contributed by atoms with Crippen LogP contribution in [0, 0.1) is 0 Å². The Morgan fingerprint density at radius 2 is 2.18 bits per heavy atom. The van der Waals surface area contributed by atoms with Gasteiger partial charge in [0.2, 0.25) is 0 Å². The first-order chi connectivity index (χ1) is 4.75. The summed E-state index contributed by atoms with van der Waals surface area (Å²) in [5, 5.41) is 10.8. The largest absolute Gasteiger partial charge is 1.00 e. The molecule has 0 aromatic heterocycles. The maximum absolute atomic E-state index is 10.8. The summed E-state index contributed by atoms with van der Waals surface area (Å²) in [6.45, 7) is 0. The van der Waals surface area contributed by atoms with Crippen molar-refractivity contribution in [1.29, 1.82) is 0 Å². The molecule has 0 N–H and O–H groups in total. The third-order valence-corrected chi connectivity index (χ3v) is 1.60. The summed E-state index contributed by atoms with van der Waals surface area (Å²) >= 11 is 0. The van der Waals surface area contributed by atoms with Crippen molar-refractivity contribution in [2.75, 3.05) is 7.11 Å². The van der Waals surface area contributed by atoms with Gasteiger partial charge in [0.1, 0.15) is 0 Å². The summed E-state index contributed by atoms with van der Waals surface area (Å²) in [6, 6.07) is 0. The van der Waals surface area contributed by atoms with E-state index in [4.69, 9.17) is 0 Å². The fraction of sp³-hybridized carbons (Fsp3) is 0.571. The average molecular weight is 148 g/mol. The molecule has 0 radical (unpaired) electrons. The van der Waals surface area contributed by atoms with E-state index in [1.165, 1.54) is 7.11 Å². The van der Waals surface area contributed by atoms with Crippen LogP contribution in [0.25, 0.3) is 0 Å².